The van der Waals surface area contributed by atoms with E-state index < -0.39 is 0 Å². The van der Waals surface area contributed by atoms with Crippen molar-refractivity contribution >= 4 is 11.8 Å². The maximum atomic E-state index is 13.3. The summed E-state index contributed by atoms with van der Waals surface area (Å²) in [5, 5.41) is 3.45. The third-order valence-electron chi connectivity index (χ3n) is 5.71. The van der Waals surface area contributed by atoms with E-state index in [1.54, 1.807) is 0 Å². The Kier molecular flexibility index (Phi) is 5.51. The molecule has 1 atom stereocenters. The van der Waals surface area contributed by atoms with E-state index >= 15 is 0 Å². The summed E-state index contributed by atoms with van der Waals surface area (Å²) in [6, 6.07) is 6.23. The summed E-state index contributed by atoms with van der Waals surface area (Å²) < 4.78 is 5.41. The molecule has 0 aromatic heterocycles. The average molecular weight is 382 g/mol. The molecule has 4 heteroatoms. The Morgan fingerprint density at radius 2 is 1.93 bits per heavy atom. The first-order valence-corrected chi connectivity index (χ1v) is 10.2. The predicted octanol–water partition coefficient (Wildman–Crippen LogP) is 4.86. The number of ether oxygens (including phenoxy) is 1. The molecule has 1 aromatic carbocycles. The fraction of sp³-hybridized carbons (Fsp3) is 0.500. The zero-order chi connectivity index (χ0) is 20.6. The number of carbonyl (C=O) groups excluding carboxylic acids is 2. The summed E-state index contributed by atoms with van der Waals surface area (Å²) in [6.45, 7) is 12.5. The zero-order valence-electron chi connectivity index (χ0n) is 17.9. The Balaban J connectivity index is 2.25. The van der Waals surface area contributed by atoms with E-state index in [0.717, 1.165) is 40.1 Å². The van der Waals surface area contributed by atoms with E-state index in [9.17, 15) is 9.59 Å². The van der Waals surface area contributed by atoms with Crippen molar-refractivity contribution in [1.29, 1.82) is 0 Å². The molecule has 1 aliphatic carbocycles. The first kappa shape index (κ1) is 20.4. The van der Waals surface area contributed by atoms with Gasteiger partial charge in [0, 0.05) is 29.3 Å². The first-order valence-electron chi connectivity index (χ1n) is 10.2. The summed E-state index contributed by atoms with van der Waals surface area (Å²) >= 11 is 0. The van der Waals surface area contributed by atoms with Crippen LogP contribution in [0.1, 0.15) is 69.6 Å². The highest BCUT2D eigenvalue weighted by atomic mass is 16.5. The van der Waals surface area contributed by atoms with Crippen molar-refractivity contribution in [1.82, 2.24) is 5.32 Å². The lowest BCUT2D eigenvalue weighted by molar-refractivity contribution is -0.138. The molecule has 0 fully saturated rings. The van der Waals surface area contributed by atoms with Crippen LogP contribution in [0.2, 0.25) is 0 Å². The maximum absolute atomic E-state index is 13.3. The number of esters is 1. The van der Waals surface area contributed by atoms with Gasteiger partial charge in [0.1, 0.15) is 0 Å². The molecular formula is C24H31NO3. The lowest BCUT2D eigenvalue weighted by Gasteiger charge is -2.40. The lowest BCUT2D eigenvalue weighted by Crippen LogP contribution is -2.39. The minimum atomic E-state index is -0.366. The summed E-state index contributed by atoms with van der Waals surface area (Å²) in [4.78, 5) is 26.2. The second-order valence-corrected chi connectivity index (χ2v) is 8.72. The molecule has 0 bridgehead atoms. The molecule has 1 N–H and O–H groups in total. The third kappa shape index (κ3) is 3.65. The number of benzene rings is 1. The van der Waals surface area contributed by atoms with E-state index in [4.69, 9.17) is 4.74 Å². The van der Waals surface area contributed by atoms with Crippen LogP contribution in [-0.2, 0) is 14.3 Å². The summed E-state index contributed by atoms with van der Waals surface area (Å²) in [5.41, 5.74) is 6.35. The number of ketones is 1. The number of nitrogens with one attached hydrogen (secondary N) is 1. The van der Waals surface area contributed by atoms with Crippen LogP contribution in [0.5, 0.6) is 0 Å². The minimum absolute atomic E-state index is 0.0872. The summed E-state index contributed by atoms with van der Waals surface area (Å²) in [7, 11) is 0. The molecule has 0 saturated carbocycles. The van der Waals surface area contributed by atoms with Crippen LogP contribution in [0.15, 0.2) is 40.7 Å². The molecular weight excluding hydrogens is 350 g/mol. The molecule has 0 spiro atoms. The van der Waals surface area contributed by atoms with Gasteiger partial charge in [-0.25, -0.2) is 4.79 Å². The zero-order valence-corrected chi connectivity index (χ0v) is 17.9. The Morgan fingerprint density at radius 3 is 2.54 bits per heavy atom. The Morgan fingerprint density at radius 1 is 1.21 bits per heavy atom. The topological polar surface area (TPSA) is 55.4 Å². The average Bonchev–Trinajstić information content (AvgIpc) is 2.59. The number of rotatable bonds is 4. The highest BCUT2D eigenvalue weighted by Crippen LogP contribution is 2.47. The van der Waals surface area contributed by atoms with Crippen LogP contribution in [0.25, 0.3) is 0 Å². The van der Waals surface area contributed by atoms with E-state index in [1.165, 1.54) is 0 Å². The minimum Gasteiger partial charge on any atom is -0.463 e. The van der Waals surface area contributed by atoms with Gasteiger partial charge in [-0.3, -0.25) is 4.79 Å². The number of hydrogen-bond donors (Lipinski definition) is 1. The Hall–Kier alpha value is -2.36. The predicted molar refractivity (Wildman–Crippen MR) is 111 cm³/mol. The molecule has 2 aliphatic rings. The van der Waals surface area contributed by atoms with Crippen molar-refractivity contribution in [3.63, 3.8) is 0 Å². The largest absolute Gasteiger partial charge is 0.463 e. The molecule has 4 nitrogen and oxygen atoms in total. The summed E-state index contributed by atoms with van der Waals surface area (Å²) in [5.74, 6) is -0.573. The monoisotopic (exact) mass is 381 g/mol. The van der Waals surface area contributed by atoms with Crippen LogP contribution in [0.3, 0.4) is 0 Å². The van der Waals surface area contributed by atoms with Crippen molar-refractivity contribution in [2.24, 2.45) is 5.41 Å². The van der Waals surface area contributed by atoms with Crippen LogP contribution in [0.4, 0.5) is 0 Å². The molecule has 1 unspecified atom stereocenters. The van der Waals surface area contributed by atoms with Gasteiger partial charge in [-0.15, -0.1) is 0 Å². The lowest BCUT2D eigenvalue weighted by atomic mass is 9.68. The van der Waals surface area contributed by atoms with Crippen LogP contribution in [0, 0.1) is 19.3 Å². The van der Waals surface area contributed by atoms with Gasteiger partial charge in [-0.05, 0) is 50.2 Å². The number of carbonyl (C=O) groups is 2. The van der Waals surface area contributed by atoms with Gasteiger partial charge in [0.15, 0.2) is 5.78 Å². The molecule has 28 heavy (non-hydrogen) atoms. The van der Waals surface area contributed by atoms with E-state index in [-0.39, 0.29) is 23.1 Å². The van der Waals surface area contributed by atoms with Crippen molar-refractivity contribution in [2.75, 3.05) is 6.61 Å². The van der Waals surface area contributed by atoms with Gasteiger partial charge in [0.25, 0.3) is 0 Å². The van der Waals surface area contributed by atoms with Crippen molar-refractivity contribution in [3.05, 3.63) is 57.4 Å². The number of Topliss-reactive ketones (excluding diaryl/α,β-unsaturated/α-hetero) is 1. The Bertz CT molecular complexity index is 889. The molecule has 0 amide bonds. The number of allylic oxidation sites excluding steroid dienone is 3. The van der Waals surface area contributed by atoms with Crippen LogP contribution in [-0.4, -0.2) is 18.4 Å². The molecule has 1 heterocycles. The van der Waals surface area contributed by atoms with Gasteiger partial charge in [-0.1, -0.05) is 44.5 Å². The molecule has 3 rings (SSSR count). The quantitative estimate of drug-likeness (QED) is 0.757. The SMILES string of the molecule is CCOC(=O)C1=C(CC)NC2=C(C(=O)CC(C)(C)C2)C1c1ccc(C)cc1C. The number of hydrogen-bond acceptors (Lipinski definition) is 4. The summed E-state index contributed by atoms with van der Waals surface area (Å²) in [6.07, 6.45) is 1.97. The number of dihydropyridines is 1. The van der Waals surface area contributed by atoms with Crippen molar-refractivity contribution < 1.29 is 14.3 Å². The van der Waals surface area contributed by atoms with Crippen molar-refractivity contribution in [3.8, 4) is 0 Å². The van der Waals surface area contributed by atoms with E-state index in [2.05, 4.69) is 51.2 Å². The highest BCUT2D eigenvalue weighted by molar-refractivity contribution is 6.04. The molecule has 1 aromatic rings. The van der Waals surface area contributed by atoms with E-state index in [1.807, 2.05) is 13.8 Å². The van der Waals surface area contributed by atoms with Crippen LogP contribution < -0.4 is 5.32 Å². The van der Waals surface area contributed by atoms with Gasteiger partial charge in [0.05, 0.1) is 12.2 Å². The van der Waals surface area contributed by atoms with Gasteiger partial charge < -0.3 is 10.1 Å². The fourth-order valence-corrected chi connectivity index (χ4v) is 4.54. The third-order valence-corrected chi connectivity index (χ3v) is 5.71. The fourth-order valence-electron chi connectivity index (χ4n) is 4.54. The van der Waals surface area contributed by atoms with Crippen molar-refractivity contribution in [2.45, 2.75) is 66.7 Å². The molecule has 1 aliphatic heterocycles. The maximum Gasteiger partial charge on any atom is 0.336 e. The van der Waals surface area contributed by atoms with Gasteiger partial charge >= 0.3 is 5.97 Å². The van der Waals surface area contributed by atoms with Gasteiger partial charge in [0.2, 0.25) is 0 Å². The number of aryl methyl sites for hydroxylation is 2. The second-order valence-electron chi connectivity index (χ2n) is 8.72. The first-order chi connectivity index (χ1) is 13.2. The second kappa shape index (κ2) is 7.57. The molecule has 0 radical (unpaired) electrons. The molecule has 150 valence electrons. The molecule has 0 saturated heterocycles. The van der Waals surface area contributed by atoms with E-state index in [0.29, 0.717) is 25.0 Å². The standard InChI is InChI=1S/C24H31NO3/c1-7-17-22(23(27)28-8-2)20(16-10-9-14(3)11-15(16)4)21-18(25-17)12-24(5,6)13-19(21)26/h9-11,20,25H,7-8,12-13H2,1-6H3. The normalized spacial score (nSPS) is 21.4. The van der Waals surface area contributed by atoms with Crippen LogP contribution >= 0.6 is 0 Å². The van der Waals surface area contributed by atoms with Gasteiger partial charge in [-0.2, -0.15) is 0 Å². The highest BCUT2D eigenvalue weighted by Gasteiger charge is 2.43. The Labute approximate surface area is 168 Å². The smallest absolute Gasteiger partial charge is 0.336 e.